The van der Waals surface area contributed by atoms with Crippen LogP contribution in [0, 0.1) is 0 Å². The molecule has 0 aliphatic heterocycles. The van der Waals surface area contributed by atoms with Gasteiger partial charge in [-0.3, -0.25) is 0 Å². The minimum atomic E-state index is 0.516. The number of methoxy groups -OCH3 is 3. The maximum absolute atomic E-state index is 5.86. The lowest BCUT2D eigenvalue weighted by molar-refractivity contribution is 0.348. The molecule has 146 valence electrons. The highest BCUT2D eigenvalue weighted by Crippen LogP contribution is 2.35. The summed E-state index contributed by atoms with van der Waals surface area (Å²) in [5, 5.41) is 0. The van der Waals surface area contributed by atoms with Crippen molar-refractivity contribution in [3.63, 3.8) is 0 Å². The quantitative estimate of drug-likeness (QED) is 0.425. The first-order valence-corrected chi connectivity index (χ1v) is 9.16. The van der Waals surface area contributed by atoms with Crippen molar-refractivity contribution in [2.24, 2.45) is 0 Å². The van der Waals surface area contributed by atoms with Crippen molar-refractivity contribution in [3.05, 3.63) is 72.1 Å². The molecule has 29 heavy (non-hydrogen) atoms. The SMILES string of the molecule is COc1cc(OC)c(OC)cc1/C=C/c1nc2cc(-c3ccccc3)ccc2o1. The monoisotopic (exact) mass is 387 g/mol. The maximum atomic E-state index is 5.86. The number of hydrogen-bond acceptors (Lipinski definition) is 5. The van der Waals surface area contributed by atoms with E-state index in [-0.39, 0.29) is 0 Å². The van der Waals surface area contributed by atoms with Crippen LogP contribution in [0.4, 0.5) is 0 Å². The molecule has 1 heterocycles. The van der Waals surface area contributed by atoms with Crippen LogP contribution in [0.1, 0.15) is 11.5 Å². The van der Waals surface area contributed by atoms with Gasteiger partial charge >= 0.3 is 0 Å². The largest absolute Gasteiger partial charge is 0.496 e. The van der Waals surface area contributed by atoms with Crippen LogP contribution in [0.2, 0.25) is 0 Å². The number of fused-ring (bicyclic) bond motifs is 1. The van der Waals surface area contributed by atoms with Crippen molar-refractivity contribution in [1.29, 1.82) is 0 Å². The first kappa shape index (κ1) is 18.6. The number of aromatic nitrogens is 1. The van der Waals surface area contributed by atoms with Gasteiger partial charge in [-0.25, -0.2) is 4.98 Å². The van der Waals surface area contributed by atoms with Crippen LogP contribution in [0.3, 0.4) is 0 Å². The van der Waals surface area contributed by atoms with Crippen molar-refractivity contribution in [2.75, 3.05) is 21.3 Å². The van der Waals surface area contributed by atoms with Crippen molar-refractivity contribution in [2.45, 2.75) is 0 Å². The van der Waals surface area contributed by atoms with Crippen molar-refractivity contribution < 1.29 is 18.6 Å². The third-order valence-electron chi connectivity index (χ3n) is 4.65. The van der Waals surface area contributed by atoms with E-state index >= 15 is 0 Å². The van der Waals surface area contributed by atoms with Gasteiger partial charge in [0.1, 0.15) is 11.3 Å². The van der Waals surface area contributed by atoms with Crippen LogP contribution in [-0.4, -0.2) is 26.3 Å². The second-order valence-electron chi connectivity index (χ2n) is 6.38. The predicted octanol–water partition coefficient (Wildman–Crippen LogP) is 5.69. The highest BCUT2D eigenvalue weighted by atomic mass is 16.5. The standard InChI is InChI=1S/C24H21NO4/c1-26-21-15-23(28-3)22(27-2)14-18(21)10-12-24-25-19-13-17(9-11-20(19)29-24)16-7-5-4-6-8-16/h4-15H,1-3H3/b12-10+. The van der Waals surface area contributed by atoms with Gasteiger partial charge in [-0.2, -0.15) is 0 Å². The Morgan fingerprint density at radius 3 is 2.17 bits per heavy atom. The molecule has 0 spiro atoms. The Labute approximate surface area is 169 Å². The fraction of sp³-hybridized carbons (Fsp3) is 0.125. The molecule has 0 atom stereocenters. The molecule has 4 aromatic rings. The molecule has 0 fully saturated rings. The van der Waals surface area contributed by atoms with Crippen molar-refractivity contribution >= 4 is 23.3 Å². The minimum Gasteiger partial charge on any atom is -0.496 e. The van der Waals surface area contributed by atoms with E-state index < -0.39 is 0 Å². The summed E-state index contributed by atoms with van der Waals surface area (Å²) in [5.41, 5.74) is 4.62. The zero-order valence-corrected chi connectivity index (χ0v) is 16.5. The van der Waals surface area contributed by atoms with E-state index in [1.807, 2.05) is 54.6 Å². The van der Waals surface area contributed by atoms with Crippen LogP contribution >= 0.6 is 0 Å². The summed E-state index contributed by atoms with van der Waals surface area (Å²) in [5.74, 6) is 2.42. The summed E-state index contributed by atoms with van der Waals surface area (Å²) < 4.78 is 22.0. The van der Waals surface area contributed by atoms with Gasteiger partial charge in [0.05, 0.1) is 21.3 Å². The molecule has 0 saturated carbocycles. The lowest BCUT2D eigenvalue weighted by atomic mass is 10.1. The maximum Gasteiger partial charge on any atom is 0.220 e. The van der Waals surface area contributed by atoms with Crippen molar-refractivity contribution in [3.8, 4) is 28.4 Å². The van der Waals surface area contributed by atoms with Crippen LogP contribution in [0.15, 0.2) is 65.1 Å². The van der Waals surface area contributed by atoms with Crippen molar-refractivity contribution in [1.82, 2.24) is 4.98 Å². The molecule has 1 aromatic heterocycles. The highest BCUT2D eigenvalue weighted by Gasteiger charge is 2.11. The summed E-state index contributed by atoms with van der Waals surface area (Å²) in [6.45, 7) is 0. The Kier molecular flexibility index (Phi) is 5.20. The summed E-state index contributed by atoms with van der Waals surface area (Å²) in [7, 11) is 4.81. The first-order valence-electron chi connectivity index (χ1n) is 9.16. The zero-order valence-electron chi connectivity index (χ0n) is 16.5. The fourth-order valence-electron chi connectivity index (χ4n) is 3.17. The van der Waals surface area contributed by atoms with E-state index in [1.54, 1.807) is 27.4 Å². The lowest BCUT2D eigenvalue weighted by Gasteiger charge is -2.11. The van der Waals surface area contributed by atoms with E-state index in [4.69, 9.17) is 18.6 Å². The number of oxazole rings is 1. The molecular formula is C24H21NO4. The van der Waals surface area contributed by atoms with Crippen LogP contribution in [0.5, 0.6) is 17.2 Å². The van der Waals surface area contributed by atoms with Gasteiger partial charge in [-0.15, -0.1) is 0 Å². The van der Waals surface area contributed by atoms with E-state index in [0.29, 0.717) is 23.1 Å². The molecule has 0 amide bonds. The van der Waals surface area contributed by atoms with Gasteiger partial charge in [0.2, 0.25) is 5.89 Å². The van der Waals surface area contributed by atoms with Gasteiger partial charge in [0.25, 0.3) is 0 Å². The van der Waals surface area contributed by atoms with Gasteiger partial charge in [-0.05, 0) is 35.4 Å². The molecule has 0 bridgehead atoms. The molecule has 5 nitrogen and oxygen atoms in total. The zero-order chi connectivity index (χ0) is 20.2. The molecule has 4 rings (SSSR count). The number of benzene rings is 3. The van der Waals surface area contributed by atoms with Crippen LogP contribution in [-0.2, 0) is 0 Å². The normalized spacial score (nSPS) is 11.1. The molecule has 5 heteroatoms. The van der Waals surface area contributed by atoms with E-state index in [0.717, 1.165) is 27.8 Å². The highest BCUT2D eigenvalue weighted by molar-refractivity contribution is 5.82. The van der Waals surface area contributed by atoms with Crippen LogP contribution in [0.25, 0.3) is 34.4 Å². The molecular weight excluding hydrogens is 366 g/mol. The van der Waals surface area contributed by atoms with E-state index in [2.05, 4.69) is 17.1 Å². The minimum absolute atomic E-state index is 0.516. The van der Waals surface area contributed by atoms with Gasteiger partial charge in [0, 0.05) is 17.7 Å². The summed E-state index contributed by atoms with van der Waals surface area (Å²) in [6, 6.07) is 19.8. The average molecular weight is 387 g/mol. The third-order valence-corrected chi connectivity index (χ3v) is 4.65. The molecule has 0 saturated heterocycles. The topological polar surface area (TPSA) is 53.7 Å². The number of rotatable bonds is 6. The average Bonchev–Trinajstić information content (AvgIpc) is 3.19. The second kappa shape index (κ2) is 8.10. The van der Waals surface area contributed by atoms with E-state index in [1.165, 1.54) is 0 Å². The van der Waals surface area contributed by atoms with Gasteiger partial charge in [-0.1, -0.05) is 36.4 Å². The smallest absolute Gasteiger partial charge is 0.220 e. The third kappa shape index (κ3) is 3.80. The predicted molar refractivity (Wildman–Crippen MR) is 114 cm³/mol. The van der Waals surface area contributed by atoms with Gasteiger partial charge in [0.15, 0.2) is 17.1 Å². The Bertz CT molecular complexity index is 1160. The van der Waals surface area contributed by atoms with Crippen LogP contribution < -0.4 is 14.2 Å². The summed E-state index contributed by atoms with van der Waals surface area (Å²) in [4.78, 5) is 4.60. The first-order chi connectivity index (χ1) is 14.2. The Hall–Kier alpha value is -3.73. The molecule has 0 aliphatic carbocycles. The molecule has 0 radical (unpaired) electrons. The number of ether oxygens (including phenoxy) is 3. The lowest BCUT2D eigenvalue weighted by Crippen LogP contribution is -1.94. The molecule has 3 aromatic carbocycles. The number of hydrogen-bond donors (Lipinski definition) is 0. The van der Waals surface area contributed by atoms with E-state index in [9.17, 15) is 0 Å². The molecule has 0 N–H and O–H groups in total. The second-order valence-corrected chi connectivity index (χ2v) is 6.38. The Morgan fingerprint density at radius 2 is 1.45 bits per heavy atom. The Morgan fingerprint density at radius 1 is 0.724 bits per heavy atom. The molecule has 0 aliphatic rings. The van der Waals surface area contributed by atoms with Gasteiger partial charge < -0.3 is 18.6 Å². The summed E-state index contributed by atoms with van der Waals surface area (Å²) in [6.07, 6.45) is 3.69. The summed E-state index contributed by atoms with van der Waals surface area (Å²) >= 11 is 0. The Balaban J connectivity index is 1.66. The number of nitrogens with zero attached hydrogens (tertiary/aromatic N) is 1. The molecule has 0 unspecified atom stereocenters. The fourth-order valence-corrected chi connectivity index (χ4v) is 3.17.